The SMILES string of the molecule is CC(C)(C)OC(=O)N1CCN(CCCc2c[nH]c3ccc(-n4cnnc4)cc23)CC1C(=O)NCc1ccccc1. The summed E-state index contributed by atoms with van der Waals surface area (Å²) in [7, 11) is 0. The van der Waals surface area contributed by atoms with E-state index in [2.05, 4.69) is 43.7 Å². The highest BCUT2D eigenvalue weighted by Gasteiger charge is 2.37. The summed E-state index contributed by atoms with van der Waals surface area (Å²) in [5.74, 6) is -0.169. The number of rotatable bonds is 8. The van der Waals surface area contributed by atoms with Crippen LogP contribution < -0.4 is 5.32 Å². The zero-order valence-electron chi connectivity index (χ0n) is 23.3. The molecule has 2 aromatic heterocycles. The van der Waals surface area contributed by atoms with Crippen LogP contribution in [-0.2, 0) is 22.5 Å². The first-order chi connectivity index (χ1) is 19.3. The third-order valence-corrected chi connectivity index (χ3v) is 7.09. The first kappa shape index (κ1) is 27.4. The number of aromatic nitrogens is 4. The van der Waals surface area contributed by atoms with E-state index in [1.165, 1.54) is 10.9 Å². The number of nitrogens with zero attached hydrogens (tertiary/aromatic N) is 5. The molecule has 2 aromatic carbocycles. The van der Waals surface area contributed by atoms with Crippen LogP contribution in [0.4, 0.5) is 4.79 Å². The lowest BCUT2D eigenvalue weighted by atomic mass is 10.1. The number of nitrogens with one attached hydrogen (secondary N) is 2. The number of hydrogen-bond acceptors (Lipinski definition) is 6. The van der Waals surface area contributed by atoms with Crippen molar-refractivity contribution in [1.29, 1.82) is 0 Å². The number of fused-ring (bicyclic) bond motifs is 1. The van der Waals surface area contributed by atoms with Crippen molar-refractivity contribution in [2.45, 2.75) is 51.8 Å². The summed E-state index contributed by atoms with van der Waals surface area (Å²) in [4.78, 5) is 33.6. The Labute approximate surface area is 234 Å². The topological polar surface area (TPSA) is 108 Å². The van der Waals surface area contributed by atoms with Gasteiger partial charge in [-0.15, -0.1) is 10.2 Å². The zero-order chi connectivity index (χ0) is 28.1. The van der Waals surface area contributed by atoms with Crippen molar-refractivity contribution in [2.75, 3.05) is 26.2 Å². The van der Waals surface area contributed by atoms with Crippen LogP contribution in [0.3, 0.4) is 0 Å². The van der Waals surface area contributed by atoms with Crippen molar-refractivity contribution >= 4 is 22.9 Å². The molecule has 2 N–H and O–H groups in total. The molecule has 5 rings (SSSR count). The van der Waals surface area contributed by atoms with Crippen molar-refractivity contribution in [3.8, 4) is 5.69 Å². The number of carbonyl (C=O) groups is 2. The predicted octanol–water partition coefficient (Wildman–Crippen LogP) is 3.92. The van der Waals surface area contributed by atoms with Gasteiger partial charge in [-0.2, -0.15) is 0 Å². The molecule has 3 heterocycles. The summed E-state index contributed by atoms with van der Waals surface area (Å²) in [6, 6.07) is 15.4. The van der Waals surface area contributed by atoms with Gasteiger partial charge in [-0.05, 0) is 69.5 Å². The standard InChI is InChI=1S/C30H37N7O3/c1-30(2,3)40-29(39)37-15-14-35(19-27(37)28(38)32-17-22-8-5-4-6-9-22)13-7-10-23-18-31-26-12-11-24(16-25(23)26)36-20-33-34-21-36/h4-6,8-9,11-12,16,18,20-21,27,31H,7,10,13-15,17,19H2,1-3H3,(H,32,38). The molecule has 210 valence electrons. The van der Waals surface area contributed by atoms with Gasteiger partial charge < -0.3 is 15.0 Å². The molecule has 10 nitrogen and oxygen atoms in total. The predicted molar refractivity (Wildman–Crippen MR) is 153 cm³/mol. The molecular formula is C30H37N7O3. The second kappa shape index (κ2) is 11.9. The highest BCUT2D eigenvalue weighted by molar-refractivity contribution is 5.86. The molecule has 2 amide bonds. The molecular weight excluding hydrogens is 506 g/mol. The van der Waals surface area contributed by atoms with E-state index < -0.39 is 17.7 Å². The average molecular weight is 544 g/mol. The number of aromatic amines is 1. The van der Waals surface area contributed by atoms with Crippen LogP contribution in [0.25, 0.3) is 16.6 Å². The average Bonchev–Trinajstić information content (AvgIpc) is 3.62. The van der Waals surface area contributed by atoms with Gasteiger partial charge in [0.05, 0.1) is 0 Å². The van der Waals surface area contributed by atoms with E-state index in [0.29, 0.717) is 26.2 Å². The fourth-order valence-electron chi connectivity index (χ4n) is 5.07. The minimum absolute atomic E-state index is 0.169. The molecule has 1 aliphatic heterocycles. The minimum Gasteiger partial charge on any atom is -0.444 e. The lowest BCUT2D eigenvalue weighted by Crippen LogP contribution is -2.61. The van der Waals surface area contributed by atoms with Gasteiger partial charge >= 0.3 is 6.09 Å². The largest absolute Gasteiger partial charge is 0.444 e. The van der Waals surface area contributed by atoms with Crippen LogP contribution in [0.1, 0.15) is 38.3 Å². The van der Waals surface area contributed by atoms with Gasteiger partial charge in [-0.25, -0.2) is 4.79 Å². The van der Waals surface area contributed by atoms with Crippen LogP contribution in [0.5, 0.6) is 0 Å². The second-order valence-electron chi connectivity index (χ2n) is 11.2. The number of hydrogen-bond donors (Lipinski definition) is 2. The molecule has 1 saturated heterocycles. The lowest BCUT2D eigenvalue weighted by molar-refractivity contribution is -0.129. The Morgan fingerprint density at radius 2 is 1.85 bits per heavy atom. The van der Waals surface area contributed by atoms with Gasteiger partial charge in [-0.3, -0.25) is 19.2 Å². The van der Waals surface area contributed by atoms with E-state index in [1.54, 1.807) is 17.6 Å². The first-order valence-electron chi connectivity index (χ1n) is 13.8. The Balaban J connectivity index is 1.22. The Kier molecular flexibility index (Phi) is 8.16. The Morgan fingerprint density at radius 3 is 2.60 bits per heavy atom. The van der Waals surface area contributed by atoms with E-state index >= 15 is 0 Å². The molecule has 0 spiro atoms. The maximum absolute atomic E-state index is 13.3. The van der Waals surface area contributed by atoms with E-state index in [1.807, 2.05) is 61.7 Å². The number of carbonyl (C=O) groups excluding carboxylic acids is 2. The van der Waals surface area contributed by atoms with E-state index in [0.717, 1.165) is 36.2 Å². The summed E-state index contributed by atoms with van der Waals surface area (Å²) >= 11 is 0. The van der Waals surface area contributed by atoms with Crippen molar-refractivity contribution < 1.29 is 14.3 Å². The van der Waals surface area contributed by atoms with Crippen LogP contribution in [0.15, 0.2) is 67.4 Å². The Morgan fingerprint density at radius 1 is 1.07 bits per heavy atom. The van der Waals surface area contributed by atoms with E-state index in [9.17, 15) is 9.59 Å². The van der Waals surface area contributed by atoms with Gasteiger partial charge in [0.25, 0.3) is 0 Å². The molecule has 1 atom stereocenters. The minimum atomic E-state index is -0.632. The molecule has 0 saturated carbocycles. The summed E-state index contributed by atoms with van der Waals surface area (Å²) in [6.45, 7) is 8.34. The number of piperazine rings is 1. The van der Waals surface area contributed by atoms with Gasteiger partial charge in [0, 0.05) is 49.0 Å². The molecule has 0 aliphatic carbocycles. The van der Waals surface area contributed by atoms with Gasteiger partial charge in [-0.1, -0.05) is 30.3 Å². The van der Waals surface area contributed by atoms with Crippen molar-refractivity contribution in [2.24, 2.45) is 0 Å². The quantitative estimate of drug-likeness (QED) is 0.349. The summed E-state index contributed by atoms with van der Waals surface area (Å²) < 4.78 is 7.53. The van der Waals surface area contributed by atoms with E-state index in [4.69, 9.17) is 4.74 Å². The summed E-state index contributed by atoms with van der Waals surface area (Å²) in [5.41, 5.74) is 3.73. The Hall–Kier alpha value is -4.18. The maximum atomic E-state index is 13.3. The fourth-order valence-corrected chi connectivity index (χ4v) is 5.07. The monoisotopic (exact) mass is 543 g/mol. The van der Waals surface area contributed by atoms with Crippen molar-refractivity contribution in [1.82, 2.24) is 34.9 Å². The third-order valence-electron chi connectivity index (χ3n) is 7.09. The van der Waals surface area contributed by atoms with Crippen LogP contribution in [0, 0.1) is 0 Å². The molecule has 1 fully saturated rings. The van der Waals surface area contributed by atoms with Crippen LogP contribution in [0.2, 0.25) is 0 Å². The zero-order valence-corrected chi connectivity index (χ0v) is 23.3. The fraction of sp³-hybridized carbons (Fsp3) is 0.400. The molecule has 0 radical (unpaired) electrons. The lowest BCUT2D eigenvalue weighted by Gasteiger charge is -2.40. The van der Waals surface area contributed by atoms with Crippen molar-refractivity contribution in [3.63, 3.8) is 0 Å². The Bertz CT molecular complexity index is 1430. The number of H-pyrrole nitrogens is 1. The number of amides is 2. The van der Waals surface area contributed by atoms with Gasteiger partial charge in [0.2, 0.25) is 5.91 Å². The number of ether oxygens (including phenoxy) is 1. The van der Waals surface area contributed by atoms with Crippen LogP contribution in [-0.4, -0.2) is 79.4 Å². The first-order valence-corrected chi connectivity index (χ1v) is 13.8. The number of benzene rings is 2. The third kappa shape index (κ3) is 6.69. The van der Waals surface area contributed by atoms with Gasteiger partial charge in [0.1, 0.15) is 24.3 Å². The molecule has 1 aliphatic rings. The molecule has 4 aromatic rings. The summed E-state index contributed by atoms with van der Waals surface area (Å²) in [6.07, 6.45) is 6.82. The van der Waals surface area contributed by atoms with Crippen molar-refractivity contribution in [3.05, 3.63) is 78.5 Å². The van der Waals surface area contributed by atoms with Gasteiger partial charge in [0.15, 0.2) is 0 Å². The highest BCUT2D eigenvalue weighted by Crippen LogP contribution is 2.23. The second-order valence-corrected chi connectivity index (χ2v) is 11.2. The number of aryl methyl sites for hydroxylation is 1. The molecule has 1 unspecified atom stereocenters. The van der Waals surface area contributed by atoms with E-state index in [-0.39, 0.29) is 5.91 Å². The molecule has 40 heavy (non-hydrogen) atoms. The molecule has 10 heteroatoms. The normalized spacial score (nSPS) is 16.3. The maximum Gasteiger partial charge on any atom is 0.411 e. The smallest absolute Gasteiger partial charge is 0.411 e. The highest BCUT2D eigenvalue weighted by atomic mass is 16.6. The molecule has 0 bridgehead atoms. The summed E-state index contributed by atoms with van der Waals surface area (Å²) in [5, 5.41) is 12.0. The van der Waals surface area contributed by atoms with Crippen LogP contribution >= 0.6 is 0 Å².